The molecule has 23 heavy (non-hydrogen) atoms. The molecular weight excluding hydrogens is 332 g/mol. The van der Waals surface area contributed by atoms with E-state index >= 15 is 0 Å². The minimum absolute atomic E-state index is 0. The molecule has 0 fully saturated rings. The average molecular weight is 353 g/mol. The number of para-hydroxylation sites is 2. The predicted octanol–water partition coefficient (Wildman–Crippen LogP) is 3.34. The van der Waals surface area contributed by atoms with Crippen molar-refractivity contribution in [2.75, 3.05) is 25.5 Å². The van der Waals surface area contributed by atoms with E-state index in [0.29, 0.717) is 15.8 Å². The van der Waals surface area contributed by atoms with E-state index in [1.54, 1.807) is 24.3 Å². The van der Waals surface area contributed by atoms with Gasteiger partial charge in [-0.15, -0.1) is 12.4 Å². The number of nitrogens with zero attached hydrogens (tertiary/aromatic N) is 2. The van der Waals surface area contributed by atoms with E-state index in [2.05, 4.69) is 16.7 Å². The predicted molar refractivity (Wildman–Crippen MR) is 95.7 cm³/mol. The molecular formula is C17H21ClN2O2S. The normalized spacial score (nSPS) is 16.3. The van der Waals surface area contributed by atoms with Crippen molar-refractivity contribution in [1.82, 2.24) is 4.90 Å². The van der Waals surface area contributed by atoms with Crippen molar-refractivity contribution in [3.05, 3.63) is 48.5 Å². The SMILES string of the molecule is CC(CN1c2ccccc2S(=O)(=O)c2ccccc21)N(C)C.Cl. The van der Waals surface area contributed by atoms with Crippen molar-refractivity contribution >= 4 is 33.6 Å². The molecule has 0 N–H and O–H groups in total. The van der Waals surface area contributed by atoms with Crippen LogP contribution in [0, 0.1) is 0 Å². The minimum atomic E-state index is -3.45. The maximum absolute atomic E-state index is 12.8. The van der Waals surface area contributed by atoms with Crippen LogP contribution >= 0.6 is 12.4 Å². The lowest BCUT2D eigenvalue weighted by molar-refractivity contribution is 0.319. The largest absolute Gasteiger partial charge is 0.338 e. The highest BCUT2D eigenvalue weighted by Gasteiger charge is 2.34. The first-order chi connectivity index (χ1) is 10.4. The van der Waals surface area contributed by atoms with Gasteiger partial charge < -0.3 is 9.80 Å². The molecule has 0 aliphatic carbocycles. The van der Waals surface area contributed by atoms with E-state index in [9.17, 15) is 8.42 Å². The Balaban J connectivity index is 0.00000192. The van der Waals surface area contributed by atoms with E-state index in [-0.39, 0.29) is 12.4 Å². The Bertz CT molecular complexity index is 752. The van der Waals surface area contributed by atoms with E-state index < -0.39 is 9.84 Å². The number of hydrogen-bond acceptors (Lipinski definition) is 4. The van der Waals surface area contributed by atoms with Gasteiger partial charge in [0.25, 0.3) is 0 Å². The Morgan fingerprint density at radius 2 is 1.39 bits per heavy atom. The zero-order chi connectivity index (χ0) is 15.9. The van der Waals surface area contributed by atoms with Crippen LogP contribution in [0.2, 0.25) is 0 Å². The topological polar surface area (TPSA) is 40.6 Å². The van der Waals surface area contributed by atoms with Gasteiger partial charge in [0, 0.05) is 12.6 Å². The Morgan fingerprint density at radius 1 is 0.957 bits per heavy atom. The fourth-order valence-corrected chi connectivity index (χ4v) is 4.35. The molecule has 0 amide bonds. The number of halogens is 1. The number of hydrogen-bond donors (Lipinski definition) is 0. The Kier molecular flexibility index (Phi) is 5.04. The second-order valence-electron chi connectivity index (χ2n) is 5.86. The van der Waals surface area contributed by atoms with Crippen molar-refractivity contribution in [1.29, 1.82) is 0 Å². The molecule has 0 radical (unpaired) electrons. The van der Waals surface area contributed by atoms with Gasteiger partial charge in [-0.3, -0.25) is 0 Å². The van der Waals surface area contributed by atoms with Crippen LogP contribution in [0.5, 0.6) is 0 Å². The van der Waals surface area contributed by atoms with E-state index in [1.807, 2.05) is 38.4 Å². The van der Waals surface area contributed by atoms with Crippen LogP contribution in [-0.2, 0) is 9.84 Å². The van der Waals surface area contributed by atoms with Gasteiger partial charge in [-0.2, -0.15) is 0 Å². The summed E-state index contributed by atoms with van der Waals surface area (Å²) in [4.78, 5) is 5.02. The average Bonchev–Trinajstić information content (AvgIpc) is 2.51. The molecule has 6 heteroatoms. The summed E-state index contributed by atoms with van der Waals surface area (Å²) in [6, 6.07) is 14.8. The molecule has 1 heterocycles. The van der Waals surface area contributed by atoms with Crippen molar-refractivity contribution in [2.24, 2.45) is 0 Å². The standard InChI is InChI=1S/C17H20N2O2S.ClH/c1-13(18(2)3)12-19-14-8-4-6-10-16(14)22(20,21)17-11-7-5-9-15(17)19;/h4-11,13H,12H2,1-3H3;1H. The first-order valence-electron chi connectivity index (χ1n) is 7.30. The first-order valence-corrected chi connectivity index (χ1v) is 8.78. The molecule has 124 valence electrons. The molecule has 0 saturated heterocycles. The molecule has 2 aromatic rings. The summed E-state index contributed by atoms with van der Waals surface area (Å²) in [6.45, 7) is 2.87. The first kappa shape index (κ1) is 17.8. The van der Waals surface area contributed by atoms with E-state index in [1.165, 1.54) is 0 Å². The van der Waals surface area contributed by atoms with Crippen LogP contribution in [0.1, 0.15) is 6.92 Å². The quantitative estimate of drug-likeness (QED) is 0.849. The lowest BCUT2D eigenvalue weighted by Crippen LogP contribution is -2.38. The summed E-state index contributed by atoms with van der Waals surface area (Å²) in [5.41, 5.74) is 1.52. The third-order valence-corrected chi connectivity index (χ3v) is 6.07. The van der Waals surface area contributed by atoms with Gasteiger partial charge in [-0.25, -0.2) is 8.42 Å². The molecule has 3 rings (SSSR count). The summed E-state index contributed by atoms with van der Waals surface area (Å²) >= 11 is 0. The minimum Gasteiger partial charge on any atom is -0.338 e. The Morgan fingerprint density at radius 3 is 1.83 bits per heavy atom. The monoisotopic (exact) mass is 352 g/mol. The number of anilines is 2. The second-order valence-corrected chi connectivity index (χ2v) is 7.75. The van der Waals surface area contributed by atoms with Crippen molar-refractivity contribution in [3.63, 3.8) is 0 Å². The number of fused-ring (bicyclic) bond motifs is 2. The van der Waals surface area contributed by atoms with Gasteiger partial charge in [0.05, 0.1) is 21.2 Å². The smallest absolute Gasteiger partial charge is 0.210 e. The third-order valence-electron chi connectivity index (χ3n) is 4.22. The summed E-state index contributed by atoms with van der Waals surface area (Å²) < 4.78 is 25.6. The molecule has 1 atom stereocenters. The van der Waals surface area contributed by atoms with Crippen molar-refractivity contribution in [3.8, 4) is 0 Å². The van der Waals surface area contributed by atoms with Gasteiger partial charge in [-0.05, 0) is 45.3 Å². The highest BCUT2D eigenvalue weighted by Crippen LogP contribution is 2.43. The fraction of sp³-hybridized carbons (Fsp3) is 0.294. The lowest BCUT2D eigenvalue weighted by atomic mass is 10.2. The molecule has 0 spiro atoms. The molecule has 1 aliphatic rings. The molecule has 0 bridgehead atoms. The molecule has 0 aromatic heterocycles. The van der Waals surface area contributed by atoms with E-state index in [0.717, 1.165) is 17.9 Å². The summed E-state index contributed by atoms with van der Waals surface area (Å²) in [5, 5.41) is 0. The van der Waals surface area contributed by atoms with Gasteiger partial charge in [-0.1, -0.05) is 24.3 Å². The summed E-state index contributed by atoms with van der Waals surface area (Å²) in [7, 11) is 0.616. The molecule has 0 saturated carbocycles. The fourth-order valence-electron chi connectivity index (χ4n) is 2.69. The number of sulfone groups is 1. The van der Waals surface area contributed by atoms with E-state index in [4.69, 9.17) is 0 Å². The number of likely N-dealkylation sites (N-methyl/N-ethyl adjacent to an activating group) is 1. The summed E-state index contributed by atoms with van der Waals surface area (Å²) in [6.07, 6.45) is 0. The van der Waals surface area contributed by atoms with Gasteiger partial charge in [0.15, 0.2) is 0 Å². The highest BCUT2D eigenvalue weighted by atomic mass is 35.5. The Labute approximate surface area is 144 Å². The maximum atomic E-state index is 12.8. The molecule has 4 nitrogen and oxygen atoms in total. The maximum Gasteiger partial charge on any atom is 0.210 e. The molecule has 1 aliphatic heterocycles. The van der Waals surface area contributed by atoms with Crippen LogP contribution < -0.4 is 4.90 Å². The van der Waals surface area contributed by atoms with Gasteiger partial charge in [0.2, 0.25) is 9.84 Å². The second kappa shape index (κ2) is 6.51. The van der Waals surface area contributed by atoms with Crippen molar-refractivity contribution < 1.29 is 8.42 Å². The zero-order valence-corrected chi connectivity index (χ0v) is 15.1. The molecule has 2 aromatic carbocycles. The van der Waals surface area contributed by atoms with Crippen LogP contribution in [-0.4, -0.2) is 40.0 Å². The highest BCUT2D eigenvalue weighted by molar-refractivity contribution is 7.92. The van der Waals surface area contributed by atoms with Gasteiger partial charge >= 0.3 is 0 Å². The van der Waals surface area contributed by atoms with Crippen molar-refractivity contribution in [2.45, 2.75) is 22.8 Å². The summed E-state index contributed by atoms with van der Waals surface area (Å²) in [5.74, 6) is 0. The molecule has 1 unspecified atom stereocenters. The van der Waals surface area contributed by atoms with Crippen LogP contribution in [0.3, 0.4) is 0 Å². The van der Waals surface area contributed by atoms with Gasteiger partial charge in [0.1, 0.15) is 0 Å². The Hall–Kier alpha value is -1.56. The zero-order valence-electron chi connectivity index (χ0n) is 13.4. The number of rotatable bonds is 3. The third kappa shape index (κ3) is 2.96. The number of benzene rings is 2. The van der Waals surface area contributed by atoms with Crippen LogP contribution in [0.4, 0.5) is 11.4 Å². The van der Waals surface area contributed by atoms with Crippen LogP contribution in [0.25, 0.3) is 0 Å². The lowest BCUT2D eigenvalue weighted by Gasteiger charge is -2.36. The van der Waals surface area contributed by atoms with Crippen LogP contribution in [0.15, 0.2) is 58.3 Å².